The molecule has 0 fully saturated rings. The van der Waals surface area contributed by atoms with Gasteiger partial charge in [-0.05, 0) is 46.7 Å². The second-order valence-corrected chi connectivity index (χ2v) is 4.46. The second kappa shape index (κ2) is 6.42. The molecular weight excluding hydrogens is 220 g/mol. The molecule has 0 amide bonds. The molecule has 0 atom stereocenters. The number of hydrogen-bond donors (Lipinski definition) is 1. The fraction of sp³-hybridized carbons (Fsp3) is 0.583. The monoisotopic (exact) mass is 240 g/mol. The zero-order chi connectivity index (χ0) is 12.8. The predicted octanol–water partition coefficient (Wildman–Crippen LogP) is 1.36. The molecule has 1 N–H and O–H groups in total. The first kappa shape index (κ1) is 13.7. The largest absolute Gasteiger partial charge is 0.478 e. The molecule has 5 nitrogen and oxygen atoms in total. The number of hydrogen-bond acceptors (Lipinski definition) is 4. The standard InChI is InChI=1S/C12H20N2O3/c1-13(2)6-4-7-14(3)9-11-10(12(15)16)5-8-17-11/h5,8H,4,6-7,9H2,1-3H3,(H,15,16). The number of furan rings is 1. The minimum absolute atomic E-state index is 0.254. The van der Waals surface area contributed by atoms with Gasteiger partial charge in [-0.1, -0.05) is 0 Å². The quantitative estimate of drug-likeness (QED) is 0.780. The topological polar surface area (TPSA) is 56.9 Å². The third-order valence-corrected chi connectivity index (χ3v) is 2.53. The molecule has 0 saturated carbocycles. The highest BCUT2D eigenvalue weighted by Gasteiger charge is 2.14. The van der Waals surface area contributed by atoms with E-state index in [1.54, 1.807) is 0 Å². The fourth-order valence-electron chi connectivity index (χ4n) is 1.63. The SMILES string of the molecule is CN(C)CCCN(C)Cc1occc1C(=O)O. The van der Waals surface area contributed by atoms with Gasteiger partial charge in [0.25, 0.3) is 0 Å². The summed E-state index contributed by atoms with van der Waals surface area (Å²) in [6.07, 6.45) is 2.47. The summed E-state index contributed by atoms with van der Waals surface area (Å²) in [5, 5.41) is 8.93. The van der Waals surface area contributed by atoms with Crippen molar-refractivity contribution in [2.75, 3.05) is 34.2 Å². The third-order valence-electron chi connectivity index (χ3n) is 2.53. The zero-order valence-corrected chi connectivity index (χ0v) is 10.6. The van der Waals surface area contributed by atoms with Gasteiger partial charge < -0.3 is 14.4 Å². The number of carbonyl (C=O) groups is 1. The van der Waals surface area contributed by atoms with Crippen LogP contribution in [0.25, 0.3) is 0 Å². The van der Waals surface area contributed by atoms with Crippen molar-refractivity contribution in [2.45, 2.75) is 13.0 Å². The molecule has 0 aliphatic heterocycles. The van der Waals surface area contributed by atoms with E-state index in [1.165, 1.54) is 12.3 Å². The number of carboxylic acid groups (broad SMARTS) is 1. The van der Waals surface area contributed by atoms with Gasteiger partial charge in [-0.2, -0.15) is 0 Å². The highest BCUT2D eigenvalue weighted by Crippen LogP contribution is 2.12. The van der Waals surface area contributed by atoms with E-state index < -0.39 is 5.97 Å². The lowest BCUT2D eigenvalue weighted by Crippen LogP contribution is -2.23. The summed E-state index contributed by atoms with van der Waals surface area (Å²) in [6, 6.07) is 1.49. The molecule has 0 radical (unpaired) electrons. The van der Waals surface area contributed by atoms with Gasteiger partial charge in [0.1, 0.15) is 11.3 Å². The maximum atomic E-state index is 10.9. The molecule has 1 aromatic rings. The molecule has 0 unspecified atom stereocenters. The molecule has 96 valence electrons. The van der Waals surface area contributed by atoms with Crippen molar-refractivity contribution in [2.24, 2.45) is 0 Å². The van der Waals surface area contributed by atoms with E-state index >= 15 is 0 Å². The van der Waals surface area contributed by atoms with Crippen LogP contribution in [0.4, 0.5) is 0 Å². The van der Waals surface area contributed by atoms with Crippen molar-refractivity contribution in [3.8, 4) is 0 Å². The Labute approximate surface area is 102 Å². The Bertz CT molecular complexity index is 360. The molecule has 0 bridgehead atoms. The van der Waals surface area contributed by atoms with Crippen LogP contribution < -0.4 is 0 Å². The maximum absolute atomic E-state index is 10.9. The average molecular weight is 240 g/mol. The summed E-state index contributed by atoms with van der Waals surface area (Å²) in [5.41, 5.74) is 0.254. The van der Waals surface area contributed by atoms with Gasteiger partial charge in [0.2, 0.25) is 0 Å². The summed E-state index contributed by atoms with van der Waals surface area (Å²) in [7, 11) is 6.04. The van der Waals surface area contributed by atoms with Crippen LogP contribution in [0.5, 0.6) is 0 Å². The van der Waals surface area contributed by atoms with Gasteiger partial charge in [-0.15, -0.1) is 0 Å². The molecule has 1 rings (SSSR count). The van der Waals surface area contributed by atoms with E-state index in [2.05, 4.69) is 9.80 Å². The molecular formula is C12H20N2O3. The van der Waals surface area contributed by atoms with Crippen LogP contribution in [0.15, 0.2) is 16.7 Å². The molecule has 17 heavy (non-hydrogen) atoms. The normalized spacial score (nSPS) is 11.4. The van der Waals surface area contributed by atoms with E-state index in [9.17, 15) is 4.79 Å². The first-order valence-corrected chi connectivity index (χ1v) is 5.63. The van der Waals surface area contributed by atoms with E-state index in [4.69, 9.17) is 9.52 Å². The van der Waals surface area contributed by atoms with Crippen LogP contribution in [0, 0.1) is 0 Å². The average Bonchev–Trinajstić information content (AvgIpc) is 2.65. The van der Waals surface area contributed by atoms with E-state index in [1.807, 2.05) is 21.1 Å². The van der Waals surface area contributed by atoms with Gasteiger partial charge in [0.15, 0.2) is 0 Å². The molecule has 0 spiro atoms. The Morgan fingerprint density at radius 3 is 2.65 bits per heavy atom. The van der Waals surface area contributed by atoms with Crippen LogP contribution in [0.2, 0.25) is 0 Å². The molecule has 1 aromatic heterocycles. The smallest absolute Gasteiger partial charge is 0.339 e. The van der Waals surface area contributed by atoms with Crippen molar-refractivity contribution in [1.82, 2.24) is 9.80 Å². The fourth-order valence-corrected chi connectivity index (χ4v) is 1.63. The summed E-state index contributed by atoms with van der Waals surface area (Å²) in [6.45, 7) is 2.47. The van der Waals surface area contributed by atoms with E-state index in [-0.39, 0.29) is 5.56 Å². The molecule has 0 aliphatic rings. The Hall–Kier alpha value is -1.33. The summed E-state index contributed by atoms with van der Waals surface area (Å²) >= 11 is 0. The Morgan fingerprint density at radius 2 is 2.06 bits per heavy atom. The first-order chi connectivity index (χ1) is 8.00. The van der Waals surface area contributed by atoms with Crippen molar-refractivity contribution in [1.29, 1.82) is 0 Å². The highest BCUT2D eigenvalue weighted by molar-refractivity contribution is 5.88. The number of nitrogens with zero attached hydrogens (tertiary/aromatic N) is 2. The van der Waals surface area contributed by atoms with E-state index in [0.717, 1.165) is 19.5 Å². The van der Waals surface area contributed by atoms with Crippen LogP contribution in [-0.4, -0.2) is 55.1 Å². The Kier molecular flexibility index (Phi) is 5.18. The van der Waals surface area contributed by atoms with Gasteiger partial charge in [0, 0.05) is 0 Å². The predicted molar refractivity (Wildman–Crippen MR) is 65.2 cm³/mol. The highest BCUT2D eigenvalue weighted by atomic mass is 16.4. The van der Waals surface area contributed by atoms with Gasteiger partial charge in [-0.25, -0.2) is 4.79 Å². The van der Waals surface area contributed by atoms with Crippen molar-refractivity contribution in [3.05, 3.63) is 23.7 Å². The number of rotatable bonds is 7. The van der Waals surface area contributed by atoms with Crippen LogP contribution in [0.1, 0.15) is 22.5 Å². The van der Waals surface area contributed by atoms with Crippen molar-refractivity contribution < 1.29 is 14.3 Å². The lowest BCUT2D eigenvalue weighted by atomic mass is 10.2. The van der Waals surface area contributed by atoms with Crippen LogP contribution in [-0.2, 0) is 6.54 Å². The Morgan fingerprint density at radius 1 is 1.35 bits per heavy atom. The number of aromatic carboxylic acids is 1. The van der Waals surface area contributed by atoms with Gasteiger partial charge in [0.05, 0.1) is 12.8 Å². The first-order valence-electron chi connectivity index (χ1n) is 5.63. The van der Waals surface area contributed by atoms with Gasteiger partial charge >= 0.3 is 5.97 Å². The third kappa shape index (κ3) is 4.58. The summed E-state index contributed by atoms with van der Waals surface area (Å²) < 4.78 is 5.19. The minimum Gasteiger partial charge on any atom is -0.478 e. The maximum Gasteiger partial charge on any atom is 0.339 e. The molecule has 1 heterocycles. The molecule has 0 aliphatic carbocycles. The molecule has 0 saturated heterocycles. The summed E-state index contributed by atoms with van der Waals surface area (Å²) in [4.78, 5) is 15.1. The van der Waals surface area contributed by atoms with E-state index in [0.29, 0.717) is 12.3 Å². The van der Waals surface area contributed by atoms with Crippen LogP contribution >= 0.6 is 0 Å². The van der Waals surface area contributed by atoms with Gasteiger partial charge in [-0.3, -0.25) is 4.90 Å². The molecule has 0 aromatic carbocycles. The zero-order valence-electron chi connectivity index (χ0n) is 10.6. The second-order valence-electron chi connectivity index (χ2n) is 4.46. The lowest BCUT2D eigenvalue weighted by molar-refractivity contribution is 0.0693. The van der Waals surface area contributed by atoms with Crippen molar-refractivity contribution >= 4 is 5.97 Å². The number of carboxylic acids is 1. The Balaban J connectivity index is 2.42. The summed E-state index contributed by atoms with van der Waals surface area (Å²) in [5.74, 6) is -0.416. The molecule has 5 heteroatoms. The van der Waals surface area contributed by atoms with Crippen molar-refractivity contribution in [3.63, 3.8) is 0 Å². The minimum atomic E-state index is -0.935. The van der Waals surface area contributed by atoms with Crippen LogP contribution in [0.3, 0.4) is 0 Å². The lowest BCUT2D eigenvalue weighted by Gasteiger charge is -2.17.